The van der Waals surface area contributed by atoms with Gasteiger partial charge in [-0.3, -0.25) is 4.99 Å². The molecule has 2 N–H and O–H groups in total. The number of aromatic nitrogens is 1. The number of hydrogen-bond acceptors (Lipinski definition) is 6. The molecule has 1 aromatic heterocycles. The monoisotopic (exact) mass is 434 g/mol. The Bertz CT molecular complexity index is 660. The fraction of sp³-hybridized carbons (Fsp3) is 0.818. The maximum Gasteiger partial charge on any atom is 0.191 e. The zero-order valence-corrected chi connectivity index (χ0v) is 19.3. The van der Waals surface area contributed by atoms with E-state index in [1.807, 2.05) is 0 Å². The van der Waals surface area contributed by atoms with Crippen molar-refractivity contribution < 1.29 is 4.74 Å². The summed E-state index contributed by atoms with van der Waals surface area (Å²) < 4.78 is 5.53. The van der Waals surface area contributed by atoms with E-state index < -0.39 is 0 Å². The molecule has 4 rings (SSSR count). The number of guanidine groups is 1. The number of aliphatic imine (C=N–C) groups is 1. The molecule has 4 heterocycles. The molecule has 0 aliphatic carbocycles. The van der Waals surface area contributed by atoms with E-state index in [1.54, 1.807) is 11.3 Å². The number of likely N-dealkylation sites (tertiary alicyclic amines) is 1. The van der Waals surface area contributed by atoms with Gasteiger partial charge in [0.2, 0.25) is 0 Å². The van der Waals surface area contributed by atoms with Gasteiger partial charge in [-0.15, -0.1) is 11.3 Å². The zero-order chi connectivity index (χ0) is 20.6. The molecule has 3 aliphatic rings. The van der Waals surface area contributed by atoms with Gasteiger partial charge in [0, 0.05) is 70.3 Å². The summed E-state index contributed by atoms with van der Waals surface area (Å²) in [5.74, 6) is 1.69. The third-order valence-electron chi connectivity index (χ3n) is 6.37. The highest BCUT2D eigenvalue weighted by Gasteiger charge is 2.24. The fourth-order valence-electron chi connectivity index (χ4n) is 4.61. The molecular weight excluding hydrogens is 396 g/mol. The lowest BCUT2D eigenvalue weighted by atomic mass is 10.0. The normalized spacial score (nSPS) is 24.0. The fourth-order valence-corrected chi connectivity index (χ4v) is 5.53. The minimum Gasteiger partial charge on any atom is -0.381 e. The smallest absolute Gasteiger partial charge is 0.191 e. The highest BCUT2D eigenvalue weighted by molar-refractivity contribution is 7.13. The van der Waals surface area contributed by atoms with Crippen LogP contribution in [0.5, 0.6) is 0 Å². The Morgan fingerprint density at radius 1 is 1.23 bits per heavy atom. The van der Waals surface area contributed by atoms with Crippen molar-refractivity contribution in [2.24, 2.45) is 10.9 Å². The molecule has 0 aromatic carbocycles. The number of anilines is 1. The first-order chi connectivity index (χ1) is 14.8. The van der Waals surface area contributed by atoms with Gasteiger partial charge >= 0.3 is 0 Å². The third-order valence-corrected chi connectivity index (χ3v) is 7.32. The first-order valence-electron chi connectivity index (χ1n) is 11.8. The van der Waals surface area contributed by atoms with E-state index in [0.717, 1.165) is 57.7 Å². The summed E-state index contributed by atoms with van der Waals surface area (Å²) in [7, 11) is 0. The highest BCUT2D eigenvalue weighted by Crippen LogP contribution is 2.24. The van der Waals surface area contributed by atoms with E-state index in [1.165, 1.54) is 62.6 Å². The molecule has 3 saturated heterocycles. The topological polar surface area (TPSA) is 65.0 Å². The highest BCUT2D eigenvalue weighted by atomic mass is 32.1. The molecule has 7 nitrogen and oxygen atoms in total. The number of ether oxygens (including phenoxy) is 1. The molecular formula is C22H38N6OS. The molecule has 0 saturated carbocycles. The van der Waals surface area contributed by atoms with Crippen molar-refractivity contribution in [3.8, 4) is 0 Å². The van der Waals surface area contributed by atoms with Crippen LogP contribution in [-0.4, -0.2) is 80.9 Å². The minimum atomic E-state index is 0.514. The van der Waals surface area contributed by atoms with Crippen molar-refractivity contribution in [2.45, 2.75) is 51.5 Å². The lowest BCUT2D eigenvalue weighted by Crippen LogP contribution is -2.49. The van der Waals surface area contributed by atoms with Crippen LogP contribution in [0.15, 0.2) is 10.4 Å². The molecule has 0 spiro atoms. The second kappa shape index (κ2) is 11.3. The van der Waals surface area contributed by atoms with Crippen LogP contribution in [0.1, 0.15) is 44.7 Å². The van der Waals surface area contributed by atoms with Crippen LogP contribution >= 0.6 is 11.3 Å². The third kappa shape index (κ3) is 6.31. The molecule has 8 heteroatoms. The zero-order valence-electron chi connectivity index (χ0n) is 18.4. The summed E-state index contributed by atoms with van der Waals surface area (Å²) in [5.41, 5.74) is 1.17. The number of nitrogens with one attached hydrogen (secondary N) is 2. The van der Waals surface area contributed by atoms with Gasteiger partial charge in [-0.2, -0.15) is 0 Å². The van der Waals surface area contributed by atoms with Crippen LogP contribution in [0.4, 0.5) is 5.13 Å². The summed E-state index contributed by atoms with van der Waals surface area (Å²) in [5, 5.41) is 10.5. The molecule has 168 valence electrons. The molecule has 1 unspecified atom stereocenters. The Hall–Kier alpha value is -1.38. The largest absolute Gasteiger partial charge is 0.381 e. The van der Waals surface area contributed by atoms with Crippen LogP contribution in [0.3, 0.4) is 0 Å². The predicted octanol–water partition coefficient (Wildman–Crippen LogP) is 2.34. The van der Waals surface area contributed by atoms with E-state index in [-0.39, 0.29) is 0 Å². The van der Waals surface area contributed by atoms with Crippen molar-refractivity contribution in [2.75, 3.05) is 63.9 Å². The number of rotatable bonds is 8. The van der Waals surface area contributed by atoms with E-state index in [2.05, 4.69) is 32.7 Å². The van der Waals surface area contributed by atoms with Crippen LogP contribution < -0.4 is 15.5 Å². The van der Waals surface area contributed by atoms with Gasteiger partial charge in [0.15, 0.2) is 11.1 Å². The first kappa shape index (κ1) is 21.8. The minimum absolute atomic E-state index is 0.514. The Morgan fingerprint density at radius 2 is 2.07 bits per heavy atom. The Labute approximate surface area is 185 Å². The number of hydrogen-bond donors (Lipinski definition) is 2. The second-order valence-corrected chi connectivity index (χ2v) is 9.61. The van der Waals surface area contributed by atoms with E-state index in [4.69, 9.17) is 14.7 Å². The Morgan fingerprint density at radius 3 is 2.80 bits per heavy atom. The molecule has 1 atom stereocenters. The molecule has 0 radical (unpaired) electrons. The SMILES string of the molecule is CCNC(=NCCc1csc(N2CCCC2)n1)NC1CCN(CC2CCOC2)CC1. The second-order valence-electron chi connectivity index (χ2n) is 8.78. The Kier molecular flexibility index (Phi) is 8.22. The van der Waals surface area contributed by atoms with E-state index in [9.17, 15) is 0 Å². The van der Waals surface area contributed by atoms with Crippen LogP contribution in [0.2, 0.25) is 0 Å². The lowest BCUT2D eigenvalue weighted by molar-refractivity contribution is 0.150. The van der Waals surface area contributed by atoms with Crippen molar-refractivity contribution in [3.05, 3.63) is 11.1 Å². The van der Waals surface area contributed by atoms with Gasteiger partial charge in [-0.05, 0) is 44.9 Å². The maximum atomic E-state index is 5.53. The van der Waals surface area contributed by atoms with Gasteiger partial charge in [-0.25, -0.2) is 4.98 Å². The molecule has 1 aromatic rings. The quantitative estimate of drug-likeness (QED) is 0.484. The predicted molar refractivity (Wildman–Crippen MR) is 125 cm³/mol. The van der Waals surface area contributed by atoms with Crippen molar-refractivity contribution in [3.63, 3.8) is 0 Å². The maximum absolute atomic E-state index is 5.53. The van der Waals surface area contributed by atoms with Gasteiger partial charge in [-0.1, -0.05) is 0 Å². The summed E-state index contributed by atoms with van der Waals surface area (Å²) >= 11 is 1.78. The first-order valence-corrected chi connectivity index (χ1v) is 12.7. The van der Waals surface area contributed by atoms with E-state index in [0.29, 0.717) is 6.04 Å². The molecule has 30 heavy (non-hydrogen) atoms. The molecule has 0 amide bonds. The molecule has 3 aliphatic heterocycles. The number of thiazole rings is 1. The Balaban J connectivity index is 1.20. The average Bonchev–Trinajstić information content (AvgIpc) is 3.52. The van der Waals surface area contributed by atoms with Crippen molar-refractivity contribution in [1.29, 1.82) is 0 Å². The van der Waals surface area contributed by atoms with Crippen molar-refractivity contribution in [1.82, 2.24) is 20.5 Å². The summed E-state index contributed by atoms with van der Waals surface area (Å²) in [6.45, 7) is 11.6. The summed E-state index contributed by atoms with van der Waals surface area (Å²) in [4.78, 5) is 14.7. The summed E-state index contributed by atoms with van der Waals surface area (Å²) in [6.07, 6.45) is 7.10. The lowest BCUT2D eigenvalue weighted by Gasteiger charge is -2.34. The van der Waals surface area contributed by atoms with Crippen LogP contribution in [0.25, 0.3) is 0 Å². The van der Waals surface area contributed by atoms with E-state index >= 15 is 0 Å². The van der Waals surface area contributed by atoms with Crippen LogP contribution in [0, 0.1) is 5.92 Å². The van der Waals surface area contributed by atoms with Gasteiger partial charge in [0.05, 0.1) is 12.3 Å². The number of nitrogens with zero attached hydrogens (tertiary/aromatic N) is 4. The molecule has 3 fully saturated rings. The van der Waals surface area contributed by atoms with Gasteiger partial charge < -0.3 is 25.2 Å². The average molecular weight is 435 g/mol. The summed E-state index contributed by atoms with van der Waals surface area (Å²) in [6, 6.07) is 0.514. The van der Waals surface area contributed by atoms with Crippen LogP contribution in [-0.2, 0) is 11.2 Å². The van der Waals surface area contributed by atoms with Gasteiger partial charge in [0.1, 0.15) is 0 Å². The molecule has 0 bridgehead atoms. The van der Waals surface area contributed by atoms with Crippen molar-refractivity contribution >= 4 is 22.4 Å². The number of piperidine rings is 1. The standard InChI is InChI=1S/C22H38N6OS/c1-2-23-21(24-9-5-20-17-30-22(26-20)28-10-3-4-11-28)25-19-6-12-27(13-7-19)15-18-8-14-29-16-18/h17-19H,2-16H2,1H3,(H2,23,24,25). The van der Waals surface area contributed by atoms with Gasteiger partial charge in [0.25, 0.3) is 0 Å².